The van der Waals surface area contributed by atoms with E-state index in [0.717, 1.165) is 0 Å². The molecule has 1 aliphatic rings. The van der Waals surface area contributed by atoms with Gasteiger partial charge in [0.15, 0.2) is 8.32 Å². The second kappa shape index (κ2) is 11.5. The highest BCUT2D eigenvalue weighted by Crippen LogP contribution is 2.37. The minimum atomic E-state index is -4.98. The van der Waals surface area contributed by atoms with E-state index in [9.17, 15) is 22.8 Å². The zero-order valence-electron chi connectivity index (χ0n) is 23.1. The number of piperidine rings is 1. The fourth-order valence-corrected chi connectivity index (χ4v) is 4.25. The van der Waals surface area contributed by atoms with Crippen LogP contribution < -0.4 is 5.32 Å². The van der Waals surface area contributed by atoms with Crippen molar-refractivity contribution in [2.45, 2.75) is 90.9 Å². The smallest absolute Gasteiger partial charge is 0.444 e. The van der Waals surface area contributed by atoms with Crippen molar-refractivity contribution < 1.29 is 31.9 Å². The van der Waals surface area contributed by atoms with Crippen molar-refractivity contribution in [1.82, 2.24) is 4.90 Å². The fraction of sp³-hybridized carbons (Fsp3) is 0.630. The molecule has 0 bridgehead atoms. The van der Waals surface area contributed by atoms with E-state index in [4.69, 9.17) is 9.16 Å². The number of alkyl halides is 3. The summed E-state index contributed by atoms with van der Waals surface area (Å²) in [5.74, 6) is 4.46. The lowest BCUT2D eigenvalue weighted by Gasteiger charge is -2.36. The van der Waals surface area contributed by atoms with Gasteiger partial charge in [-0.2, -0.15) is 13.2 Å². The minimum Gasteiger partial charge on any atom is -0.444 e. The molecule has 1 fully saturated rings. The van der Waals surface area contributed by atoms with Crippen molar-refractivity contribution in [3.05, 3.63) is 29.3 Å². The van der Waals surface area contributed by atoms with Gasteiger partial charge in [0.1, 0.15) is 5.60 Å². The standard InChI is InChI=1S/C27H39F3N2O4Si/c1-25(2,3)36-24(34)32-15-13-19(14-16-32)9-10-20-11-12-22(31-23(33)27(28,29)30)17-21(20)18-35-37(7,8)26(4,5)6/h11-12,17,19H,13-16,18H2,1-8H3,(H,31,33). The first-order chi connectivity index (χ1) is 16.8. The molecule has 1 aliphatic heterocycles. The lowest BCUT2D eigenvalue weighted by molar-refractivity contribution is -0.167. The molecule has 1 aromatic carbocycles. The molecule has 0 aromatic heterocycles. The number of hydrogen-bond acceptors (Lipinski definition) is 4. The normalized spacial score (nSPS) is 15.6. The molecule has 1 aromatic rings. The topological polar surface area (TPSA) is 67.9 Å². The molecule has 2 amide bonds. The Hall–Kier alpha value is -2.51. The second-order valence-corrected chi connectivity index (χ2v) is 16.7. The van der Waals surface area contributed by atoms with Crippen LogP contribution in [0.15, 0.2) is 18.2 Å². The zero-order chi connectivity index (χ0) is 28.2. The summed E-state index contributed by atoms with van der Waals surface area (Å²) in [4.78, 5) is 25.4. The molecule has 0 aliphatic carbocycles. The third-order valence-corrected chi connectivity index (χ3v) is 11.1. The van der Waals surface area contributed by atoms with E-state index in [2.05, 4.69) is 45.7 Å². The predicted molar refractivity (Wildman–Crippen MR) is 141 cm³/mol. The Morgan fingerprint density at radius 3 is 2.19 bits per heavy atom. The van der Waals surface area contributed by atoms with Crippen molar-refractivity contribution in [2.24, 2.45) is 5.92 Å². The van der Waals surface area contributed by atoms with Gasteiger partial charge in [-0.1, -0.05) is 32.6 Å². The van der Waals surface area contributed by atoms with E-state index in [0.29, 0.717) is 37.1 Å². The summed E-state index contributed by atoms with van der Waals surface area (Å²) in [6, 6.07) is 4.51. The van der Waals surface area contributed by atoms with Crippen molar-refractivity contribution in [1.29, 1.82) is 0 Å². The Bertz CT molecular complexity index is 1040. The number of rotatable bonds is 4. The van der Waals surface area contributed by atoms with Gasteiger partial charge in [-0.25, -0.2) is 4.79 Å². The molecule has 0 unspecified atom stereocenters. The van der Waals surface area contributed by atoms with Crippen molar-refractivity contribution in [2.75, 3.05) is 18.4 Å². The minimum absolute atomic E-state index is 0.0346. The average molecular weight is 541 g/mol. The quantitative estimate of drug-likeness (QED) is 0.341. The highest BCUT2D eigenvalue weighted by atomic mass is 28.4. The van der Waals surface area contributed by atoms with Crippen LogP contribution in [0, 0.1) is 17.8 Å². The van der Waals surface area contributed by atoms with Crippen LogP contribution >= 0.6 is 0 Å². The highest BCUT2D eigenvalue weighted by molar-refractivity contribution is 6.74. The summed E-state index contributed by atoms with van der Waals surface area (Å²) in [7, 11) is -2.15. The van der Waals surface area contributed by atoms with Crippen LogP contribution in [0.25, 0.3) is 0 Å². The van der Waals surface area contributed by atoms with Crippen molar-refractivity contribution >= 4 is 26.0 Å². The Kier molecular flexibility index (Phi) is 9.53. The van der Waals surface area contributed by atoms with Gasteiger partial charge in [-0.3, -0.25) is 4.79 Å². The summed E-state index contributed by atoms with van der Waals surface area (Å²) in [6.07, 6.45) is -3.92. The van der Waals surface area contributed by atoms with Crippen LogP contribution in [0.4, 0.5) is 23.7 Å². The van der Waals surface area contributed by atoms with Gasteiger partial charge in [0.25, 0.3) is 0 Å². The number of ether oxygens (including phenoxy) is 1. The zero-order valence-corrected chi connectivity index (χ0v) is 24.1. The predicted octanol–water partition coefficient (Wildman–Crippen LogP) is 6.71. The van der Waals surface area contributed by atoms with E-state index in [1.54, 1.807) is 11.0 Å². The number of anilines is 1. The molecule has 206 valence electrons. The molecule has 10 heteroatoms. The Morgan fingerprint density at radius 2 is 1.68 bits per heavy atom. The van der Waals surface area contributed by atoms with E-state index in [1.165, 1.54) is 12.1 Å². The number of nitrogens with zero attached hydrogens (tertiary/aromatic N) is 1. The van der Waals surface area contributed by atoms with Crippen molar-refractivity contribution in [3.8, 4) is 11.8 Å². The lowest BCUT2D eigenvalue weighted by Crippen LogP contribution is -2.41. The summed E-state index contributed by atoms with van der Waals surface area (Å²) >= 11 is 0. The van der Waals surface area contributed by atoms with E-state index >= 15 is 0 Å². The molecule has 1 N–H and O–H groups in total. The summed E-state index contributed by atoms with van der Waals surface area (Å²) < 4.78 is 50.0. The fourth-order valence-electron chi connectivity index (χ4n) is 3.30. The largest absolute Gasteiger partial charge is 0.471 e. The molecule has 0 radical (unpaired) electrons. The van der Waals surface area contributed by atoms with Crippen LogP contribution in [0.1, 0.15) is 65.5 Å². The van der Waals surface area contributed by atoms with Gasteiger partial charge < -0.3 is 19.4 Å². The van der Waals surface area contributed by atoms with E-state index < -0.39 is 26.0 Å². The maximum absolute atomic E-state index is 12.7. The first kappa shape index (κ1) is 30.7. The Balaban J connectivity index is 2.20. The molecular formula is C27H39F3N2O4Si. The van der Waals surface area contributed by atoms with Gasteiger partial charge in [0.05, 0.1) is 6.61 Å². The van der Waals surface area contributed by atoms with Crippen LogP contribution in [0.3, 0.4) is 0 Å². The van der Waals surface area contributed by atoms with Gasteiger partial charge in [-0.15, -0.1) is 0 Å². The molecule has 2 rings (SSSR count). The maximum Gasteiger partial charge on any atom is 0.471 e. The number of halogens is 3. The number of hydrogen-bond donors (Lipinski definition) is 1. The summed E-state index contributed by atoms with van der Waals surface area (Å²) in [5, 5.41) is 1.86. The number of likely N-dealkylation sites (tertiary alicyclic amines) is 1. The van der Waals surface area contributed by atoms with Gasteiger partial charge in [0, 0.05) is 30.3 Å². The molecule has 1 saturated heterocycles. The highest BCUT2D eigenvalue weighted by Gasteiger charge is 2.39. The van der Waals surface area contributed by atoms with Crippen LogP contribution in [0.2, 0.25) is 18.1 Å². The molecule has 6 nitrogen and oxygen atoms in total. The summed E-state index contributed by atoms with van der Waals surface area (Å²) in [6.45, 7) is 17.2. The van der Waals surface area contributed by atoms with E-state index in [1.807, 2.05) is 26.1 Å². The monoisotopic (exact) mass is 540 g/mol. The lowest BCUT2D eigenvalue weighted by atomic mass is 9.96. The SMILES string of the molecule is CC(C)(C)OC(=O)N1CCC(C#Cc2ccc(NC(=O)C(F)(F)F)cc2CO[Si](C)(C)C(C)(C)C)CC1. The molecule has 0 spiro atoms. The maximum atomic E-state index is 12.7. The molecule has 1 heterocycles. The Morgan fingerprint density at radius 1 is 1.08 bits per heavy atom. The number of benzene rings is 1. The average Bonchev–Trinajstić information content (AvgIpc) is 2.74. The van der Waals surface area contributed by atoms with Gasteiger partial charge in [-0.05, 0) is 75.5 Å². The van der Waals surface area contributed by atoms with Gasteiger partial charge in [0.2, 0.25) is 0 Å². The second-order valence-electron chi connectivity index (χ2n) is 11.9. The van der Waals surface area contributed by atoms with Gasteiger partial charge >= 0.3 is 18.2 Å². The van der Waals surface area contributed by atoms with Crippen molar-refractivity contribution in [3.63, 3.8) is 0 Å². The third kappa shape index (κ3) is 9.38. The number of carbonyl (C=O) groups is 2. The van der Waals surface area contributed by atoms with E-state index in [-0.39, 0.29) is 29.3 Å². The van der Waals surface area contributed by atoms with Crippen LogP contribution in [0.5, 0.6) is 0 Å². The number of amides is 2. The summed E-state index contributed by atoms with van der Waals surface area (Å²) in [5.41, 5.74) is 0.733. The third-order valence-electron chi connectivity index (χ3n) is 6.57. The van der Waals surface area contributed by atoms with Crippen LogP contribution in [-0.2, 0) is 20.6 Å². The Labute approximate surface area is 219 Å². The van der Waals surface area contributed by atoms with Crippen LogP contribution in [-0.4, -0.2) is 50.1 Å². The number of carbonyl (C=O) groups excluding carboxylic acids is 2. The number of nitrogens with one attached hydrogen (secondary N) is 1. The molecular weight excluding hydrogens is 501 g/mol. The molecule has 0 atom stereocenters. The molecule has 0 saturated carbocycles. The first-order valence-corrected chi connectivity index (χ1v) is 15.3. The first-order valence-electron chi connectivity index (χ1n) is 12.4. The molecule has 37 heavy (non-hydrogen) atoms.